The molecule has 1 amide bonds. The number of hydrogen-bond donors (Lipinski definition) is 3. The van der Waals surface area contributed by atoms with Gasteiger partial charge in [-0.3, -0.25) is 4.79 Å². The summed E-state index contributed by atoms with van der Waals surface area (Å²) in [5.41, 5.74) is 1.08. The average Bonchev–Trinajstić information content (AvgIpc) is 3.42. The summed E-state index contributed by atoms with van der Waals surface area (Å²) in [5, 5.41) is 11.7. The van der Waals surface area contributed by atoms with Crippen molar-refractivity contribution in [1.29, 1.82) is 10.0 Å². The Labute approximate surface area is 169 Å². The molecule has 7 nitrogen and oxygen atoms in total. The van der Waals surface area contributed by atoms with Gasteiger partial charge in [-0.2, -0.15) is 5.26 Å². The fourth-order valence-corrected chi connectivity index (χ4v) is 5.57. The summed E-state index contributed by atoms with van der Waals surface area (Å²) in [6.07, 6.45) is 6.10. The van der Waals surface area contributed by atoms with Crippen LogP contribution in [0.25, 0.3) is 0 Å². The minimum atomic E-state index is -3.21. The van der Waals surface area contributed by atoms with E-state index in [9.17, 15) is 13.4 Å². The van der Waals surface area contributed by atoms with Crippen LogP contribution < -0.4 is 10.0 Å². The van der Waals surface area contributed by atoms with Gasteiger partial charge in [0.1, 0.15) is 27.5 Å². The molecule has 2 atom stereocenters. The maximum atomic E-state index is 13.5. The van der Waals surface area contributed by atoms with Crippen LogP contribution in [-0.4, -0.2) is 20.7 Å². The van der Waals surface area contributed by atoms with Gasteiger partial charge >= 0.3 is 0 Å². The highest BCUT2D eigenvalue weighted by Crippen LogP contribution is 2.36. The first-order valence-electron chi connectivity index (χ1n) is 9.53. The smallest absolute Gasteiger partial charge is 0.272 e. The van der Waals surface area contributed by atoms with Crippen molar-refractivity contribution in [3.05, 3.63) is 47.0 Å². The molecular formula is C20H22FN5O2S. The Morgan fingerprint density at radius 3 is 2.90 bits per heavy atom. The molecule has 1 aromatic heterocycles. The summed E-state index contributed by atoms with van der Waals surface area (Å²) in [4.78, 5) is 13.3. The van der Waals surface area contributed by atoms with Crippen molar-refractivity contribution >= 4 is 21.5 Å². The number of amides is 1. The zero-order valence-corrected chi connectivity index (χ0v) is 16.8. The van der Waals surface area contributed by atoms with Crippen LogP contribution in [0.3, 0.4) is 0 Å². The van der Waals surface area contributed by atoms with E-state index in [0.29, 0.717) is 40.6 Å². The van der Waals surface area contributed by atoms with E-state index in [-0.39, 0.29) is 11.6 Å². The third-order valence-corrected chi connectivity index (χ3v) is 7.14. The van der Waals surface area contributed by atoms with Crippen LogP contribution in [0, 0.1) is 27.8 Å². The number of nitriles is 1. The van der Waals surface area contributed by atoms with E-state index in [2.05, 4.69) is 10.0 Å². The lowest BCUT2D eigenvalue weighted by molar-refractivity contribution is 0.101. The number of carbonyl (C=O) groups is 1. The number of fused-ring (bicyclic) bond motifs is 1. The van der Waals surface area contributed by atoms with Crippen molar-refractivity contribution in [3.63, 3.8) is 0 Å². The van der Waals surface area contributed by atoms with Gasteiger partial charge in [-0.1, -0.05) is 12.8 Å². The van der Waals surface area contributed by atoms with E-state index in [1.165, 1.54) is 25.0 Å². The highest BCUT2D eigenvalue weighted by atomic mass is 32.2. The predicted octanol–water partition coefficient (Wildman–Crippen LogP) is 3.31. The molecule has 0 radical (unpaired) electrons. The SMILES string of the molecule is Cn1cc2c(c1C(=O)Nc1ccc(F)c(C#N)c1)CC[C@H](CC1CC1)NS2(=N)=O. The Hall–Kier alpha value is -2.70. The lowest BCUT2D eigenvalue weighted by atomic mass is 10.0. The standard InChI is InChI=1S/C20H22FN5O2S/c1-26-11-18-16(6-4-15(8-12-2-3-12)25-29(18,23)28)19(26)20(27)24-14-5-7-17(21)13(9-14)10-22/h5,7,9,11-12,15H,2-4,6,8H2,1H3,(H,24,27)(H2,23,25,28)/t15-,29?/m1/s1. The van der Waals surface area contributed by atoms with E-state index in [4.69, 9.17) is 10.0 Å². The first-order valence-corrected chi connectivity index (χ1v) is 11.1. The van der Waals surface area contributed by atoms with Crippen molar-refractivity contribution < 1.29 is 13.4 Å². The largest absolute Gasteiger partial charge is 0.345 e. The van der Waals surface area contributed by atoms with Crippen LogP contribution in [0.2, 0.25) is 0 Å². The summed E-state index contributed by atoms with van der Waals surface area (Å²) in [6.45, 7) is 0. The lowest BCUT2D eigenvalue weighted by Crippen LogP contribution is -2.33. The third kappa shape index (κ3) is 3.91. The molecule has 1 fully saturated rings. The van der Waals surface area contributed by atoms with Gasteiger partial charge in [0.15, 0.2) is 0 Å². The number of carbonyl (C=O) groups excluding carboxylic acids is 1. The van der Waals surface area contributed by atoms with Crippen LogP contribution in [-0.2, 0) is 23.4 Å². The first-order chi connectivity index (χ1) is 13.8. The molecule has 0 spiro atoms. The van der Waals surface area contributed by atoms with Gasteiger partial charge in [-0.15, -0.1) is 0 Å². The van der Waals surface area contributed by atoms with Gasteiger partial charge in [0.25, 0.3) is 5.91 Å². The van der Waals surface area contributed by atoms with Crippen LogP contribution in [0.5, 0.6) is 0 Å². The van der Waals surface area contributed by atoms with Crippen molar-refractivity contribution in [2.45, 2.75) is 43.0 Å². The second-order valence-electron chi connectivity index (χ2n) is 7.78. The molecule has 2 heterocycles. The van der Waals surface area contributed by atoms with Crippen molar-refractivity contribution in [2.75, 3.05) is 5.32 Å². The number of nitrogens with zero attached hydrogens (tertiary/aromatic N) is 2. The molecule has 0 saturated heterocycles. The number of nitrogens with one attached hydrogen (secondary N) is 3. The van der Waals surface area contributed by atoms with Crippen LogP contribution in [0.15, 0.2) is 29.3 Å². The molecule has 0 bridgehead atoms. The molecule has 4 rings (SSSR count). The number of hydrogen-bond acceptors (Lipinski definition) is 4. The van der Waals surface area contributed by atoms with Gasteiger partial charge in [0.05, 0.1) is 10.5 Å². The second-order valence-corrected chi connectivity index (χ2v) is 9.57. The van der Waals surface area contributed by atoms with Gasteiger partial charge < -0.3 is 9.88 Å². The molecule has 2 aromatic rings. The van der Waals surface area contributed by atoms with Gasteiger partial charge in [0, 0.05) is 30.5 Å². The number of halogens is 1. The maximum Gasteiger partial charge on any atom is 0.272 e. The molecule has 1 unspecified atom stereocenters. The quantitative estimate of drug-likeness (QED) is 0.712. The van der Waals surface area contributed by atoms with E-state index >= 15 is 0 Å². The number of aromatic nitrogens is 1. The molecule has 9 heteroatoms. The molecule has 2 aliphatic rings. The Morgan fingerprint density at radius 1 is 1.45 bits per heavy atom. The predicted molar refractivity (Wildman–Crippen MR) is 106 cm³/mol. The van der Waals surface area contributed by atoms with Crippen LogP contribution in [0.1, 0.15) is 47.3 Å². The highest BCUT2D eigenvalue weighted by Gasteiger charge is 2.33. The Bertz CT molecular complexity index is 1130. The van der Waals surface area contributed by atoms with Gasteiger partial charge in [0.2, 0.25) is 0 Å². The monoisotopic (exact) mass is 415 g/mol. The van der Waals surface area contributed by atoms with Crippen molar-refractivity contribution in [1.82, 2.24) is 9.29 Å². The zero-order chi connectivity index (χ0) is 20.8. The summed E-state index contributed by atoms with van der Waals surface area (Å²) in [7, 11) is -1.54. The van der Waals surface area contributed by atoms with E-state index in [1.807, 2.05) is 0 Å². The summed E-state index contributed by atoms with van der Waals surface area (Å²) in [6, 6.07) is 5.53. The minimum Gasteiger partial charge on any atom is -0.345 e. The topological polar surface area (TPSA) is 111 Å². The molecule has 1 aromatic carbocycles. The fourth-order valence-electron chi connectivity index (χ4n) is 3.91. The molecule has 29 heavy (non-hydrogen) atoms. The molecular weight excluding hydrogens is 393 g/mol. The summed E-state index contributed by atoms with van der Waals surface area (Å²) in [5.74, 6) is -0.457. The number of aryl methyl sites for hydroxylation is 1. The average molecular weight is 415 g/mol. The van der Waals surface area contributed by atoms with Crippen LogP contribution >= 0.6 is 0 Å². The Balaban J connectivity index is 1.63. The van der Waals surface area contributed by atoms with Crippen LogP contribution in [0.4, 0.5) is 10.1 Å². The lowest BCUT2D eigenvalue weighted by Gasteiger charge is -2.16. The van der Waals surface area contributed by atoms with E-state index in [1.54, 1.807) is 23.9 Å². The highest BCUT2D eigenvalue weighted by molar-refractivity contribution is 7.90. The number of benzene rings is 1. The molecule has 1 aliphatic carbocycles. The van der Waals surface area contributed by atoms with Gasteiger partial charge in [-0.25, -0.2) is 18.1 Å². The summed E-state index contributed by atoms with van der Waals surface area (Å²) >= 11 is 0. The number of rotatable bonds is 4. The van der Waals surface area contributed by atoms with Crippen molar-refractivity contribution in [2.24, 2.45) is 13.0 Å². The second kappa shape index (κ2) is 7.28. The molecule has 152 valence electrons. The maximum absolute atomic E-state index is 13.5. The molecule has 3 N–H and O–H groups in total. The van der Waals surface area contributed by atoms with E-state index < -0.39 is 21.6 Å². The summed E-state index contributed by atoms with van der Waals surface area (Å²) < 4.78 is 39.6. The Morgan fingerprint density at radius 2 is 2.21 bits per heavy atom. The van der Waals surface area contributed by atoms with Crippen molar-refractivity contribution in [3.8, 4) is 6.07 Å². The number of anilines is 1. The first kappa shape index (κ1) is 19.6. The molecule has 1 saturated carbocycles. The minimum absolute atomic E-state index is 0.00333. The normalized spacial score (nSPS) is 23.7. The van der Waals surface area contributed by atoms with E-state index in [0.717, 1.165) is 12.5 Å². The third-order valence-electron chi connectivity index (χ3n) is 5.51. The van der Waals surface area contributed by atoms with Gasteiger partial charge in [-0.05, 0) is 43.4 Å². The fraction of sp³-hybridized carbons (Fsp3) is 0.400. The Kier molecular flexibility index (Phi) is 4.92. The zero-order valence-electron chi connectivity index (χ0n) is 16.0. The molecule has 1 aliphatic heterocycles.